The Hall–Kier alpha value is -3.61. The van der Waals surface area contributed by atoms with Crippen molar-refractivity contribution in [2.75, 3.05) is 13.4 Å². The maximum Gasteiger partial charge on any atom is 0.338 e. The standard InChI is InChI=1S/C15H21NO4.C15H20O6S/c1-4-13(17)11(2)14(10-16-19-3)20-15(18)12-8-6-5-7-9-12;1-4-13(21-22(3,18)19)11(2)14(10-16)20-15(17)12-8-6-5-7-9-12/h5-11,13-14,17H,4H2,1-3H3;5-11,13-14H,4H2,1-3H3/t2*11-,13-,14+/m11/s1. The summed E-state index contributed by atoms with van der Waals surface area (Å²) < 4.78 is 38.0. The first-order valence-electron chi connectivity index (χ1n) is 13.5. The number of hydrogen-bond acceptors (Lipinski definition) is 11. The Bertz CT molecular complexity index is 1220. The molecule has 232 valence electrons. The summed E-state index contributed by atoms with van der Waals surface area (Å²) in [7, 11) is -2.25. The number of aliphatic hydroxyl groups excluding tert-OH is 1. The van der Waals surface area contributed by atoms with Crippen LogP contribution in [0, 0.1) is 11.8 Å². The smallest absolute Gasteiger partial charge is 0.338 e. The van der Waals surface area contributed by atoms with Crippen molar-refractivity contribution in [3.63, 3.8) is 0 Å². The second-order valence-electron chi connectivity index (χ2n) is 9.49. The normalized spacial score (nSPS) is 15.6. The van der Waals surface area contributed by atoms with Gasteiger partial charge in [0.2, 0.25) is 0 Å². The second-order valence-corrected chi connectivity index (χ2v) is 11.1. The third-order valence-corrected chi connectivity index (χ3v) is 6.90. The predicted molar refractivity (Wildman–Crippen MR) is 157 cm³/mol. The SMILES string of the molecule is CC[C@@H](O)[C@@H](C)[C@H](C=NOC)OC(=O)c1ccccc1.CC[C@@H](OS(C)(=O)=O)[C@@H](C)[C@H](C=O)OC(=O)c1ccccc1. The van der Waals surface area contributed by atoms with Crippen LogP contribution in [0.15, 0.2) is 65.8 Å². The fourth-order valence-electron chi connectivity index (χ4n) is 3.74. The zero-order valence-electron chi connectivity index (χ0n) is 24.8. The first-order chi connectivity index (χ1) is 19.9. The van der Waals surface area contributed by atoms with Gasteiger partial charge in [0.05, 0.1) is 35.8 Å². The molecule has 0 fully saturated rings. The van der Waals surface area contributed by atoms with Crippen molar-refractivity contribution in [3.05, 3.63) is 71.8 Å². The maximum absolute atomic E-state index is 12.0. The number of aliphatic hydroxyl groups is 1. The number of hydrogen-bond donors (Lipinski definition) is 1. The van der Waals surface area contributed by atoms with E-state index >= 15 is 0 Å². The van der Waals surface area contributed by atoms with Gasteiger partial charge in [0.15, 0.2) is 12.4 Å². The zero-order chi connectivity index (χ0) is 31.7. The summed E-state index contributed by atoms with van der Waals surface area (Å²) in [6.45, 7) is 7.01. The van der Waals surface area contributed by atoms with Crippen LogP contribution in [0.25, 0.3) is 0 Å². The molecule has 0 bridgehead atoms. The Kier molecular flexibility index (Phi) is 16.3. The third-order valence-electron chi connectivity index (χ3n) is 6.30. The van der Waals surface area contributed by atoms with E-state index in [2.05, 4.69) is 9.99 Å². The molecule has 0 aliphatic carbocycles. The minimum Gasteiger partial charge on any atom is -0.452 e. The molecule has 0 spiro atoms. The molecule has 1 N–H and O–H groups in total. The highest BCUT2D eigenvalue weighted by Crippen LogP contribution is 2.20. The van der Waals surface area contributed by atoms with Crippen molar-refractivity contribution in [3.8, 4) is 0 Å². The van der Waals surface area contributed by atoms with Gasteiger partial charge in [-0.1, -0.05) is 69.2 Å². The molecule has 2 rings (SSSR count). The van der Waals surface area contributed by atoms with Crippen molar-refractivity contribution in [1.29, 1.82) is 0 Å². The first-order valence-corrected chi connectivity index (χ1v) is 15.3. The summed E-state index contributed by atoms with van der Waals surface area (Å²) in [5, 5.41) is 13.5. The molecule has 6 atom stereocenters. The lowest BCUT2D eigenvalue weighted by atomic mass is 9.97. The Morgan fingerprint density at radius 1 is 0.857 bits per heavy atom. The first kappa shape index (κ1) is 36.4. The Labute approximate surface area is 247 Å². The van der Waals surface area contributed by atoms with Crippen LogP contribution in [0.3, 0.4) is 0 Å². The number of esters is 2. The molecule has 11 nitrogen and oxygen atoms in total. The van der Waals surface area contributed by atoms with E-state index in [1.165, 1.54) is 13.3 Å². The van der Waals surface area contributed by atoms with Crippen LogP contribution in [0.5, 0.6) is 0 Å². The van der Waals surface area contributed by atoms with Crippen LogP contribution in [0.4, 0.5) is 0 Å². The molecule has 0 aromatic heterocycles. The molecular weight excluding hydrogens is 566 g/mol. The molecule has 0 saturated carbocycles. The van der Waals surface area contributed by atoms with Gasteiger partial charge in [0.1, 0.15) is 13.2 Å². The minimum absolute atomic E-state index is 0.272. The summed E-state index contributed by atoms with van der Waals surface area (Å²) >= 11 is 0. The lowest BCUT2D eigenvalue weighted by Crippen LogP contribution is -2.36. The van der Waals surface area contributed by atoms with Crippen LogP contribution >= 0.6 is 0 Å². The van der Waals surface area contributed by atoms with Gasteiger partial charge in [-0.05, 0) is 37.1 Å². The average Bonchev–Trinajstić information content (AvgIpc) is 3.00. The molecule has 42 heavy (non-hydrogen) atoms. The fourth-order valence-corrected chi connectivity index (χ4v) is 4.50. The van der Waals surface area contributed by atoms with E-state index in [4.69, 9.17) is 13.7 Å². The van der Waals surface area contributed by atoms with Gasteiger partial charge in [-0.25, -0.2) is 9.59 Å². The largest absolute Gasteiger partial charge is 0.452 e. The molecule has 0 saturated heterocycles. The lowest BCUT2D eigenvalue weighted by molar-refractivity contribution is -0.119. The molecule has 0 heterocycles. The van der Waals surface area contributed by atoms with Gasteiger partial charge >= 0.3 is 11.9 Å². The lowest BCUT2D eigenvalue weighted by Gasteiger charge is -2.26. The van der Waals surface area contributed by atoms with E-state index in [1.807, 2.05) is 13.0 Å². The predicted octanol–water partition coefficient (Wildman–Crippen LogP) is 4.05. The Balaban J connectivity index is 0.000000422. The van der Waals surface area contributed by atoms with E-state index in [1.54, 1.807) is 75.4 Å². The summed E-state index contributed by atoms with van der Waals surface area (Å²) in [5.41, 5.74) is 0.778. The third kappa shape index (κ3) is 12.9. The summed E-state index contributed by atoms with van der Waals surface area (Å²) in [6.07, 6.45) is 0.707. The van der Waals surface area contributed by atoms with Gasteiger partial charge in [-0.3, -0.25) is 8.98 Å². The van der Waals surface area contributed by atoms with Crippen LogP contribution in [0.2, 0.25) is 0 Å². The molecule has 0 aliphatic rings. The number of ether oxygens (including phenoxy) is 2. The highest BCUT2D eigenvalue weighted by molar-refractivity contribution is 7.86. The number of carbonyl (C=O) groups is 3. The molecular formula is C30H41NO10S. The van der Waals surface area contributed by atoms with E-state index < -0.39 is 52.4 Å². The van der Waals surface area contributed by atoms with Gasteiger partial charge in [0, 0.05) is 11.8 Å². The summed E-state index contributed by atoms with van der Waals surface area (Å²) in [4.78, 5) is 39.8. The van der Waals surface area contributed by atoms with Crippen molar-refractivity contribution >= 4 is 34.6 Å². The van der Waals surface area contributed by atoms with E-state index in [-0.39, 0.29) is 5.92 Å². The fraction of sp³-hybridized carbons (Fsp3) is 0.467. The van der Waals surface area contributed by atoms with Crippen LogP contribution in [0.1, 0.15) is 61.3 Å². The molecule has 0 unspecified atom stereocenters. The number of aldehydes is 1. The zero-order valence-corrected chi connectivity index (χ0v) is 25.6. The average molecular weight is 608 g/mol. The van der Waals surface area contributed by atoms with Crippen molar-refractivity contribution in [2.24, 2.45) is 17.0 Å². The summed E-state index contributed by atoms with van der Waals surface area (Å²) in [6, 6.07) is 16.9. The highest BCUT2D eigenvalue weighted by Gasteiger charge is 2.31. The molecule has 0 radical (unpaired) electrons. The topological polar surface area (TPSA) is 155 Å². The molecule has 2 aromatic rings. The van der Waals surface area contributed by atoms with E-state index in [0.717, 1.165) is 6.26 Å². The van der Waals surface area contributed by atoms with E-state index in [9.17, 15) is 27.9 Å². The monoisotopic (exact) mass is 607 g/mol. The number of nitrogens with zero attached hydrogens (tertiary/aromatic N) is 1. The number of oxime groups is 1. The summed E-state index contributed by atoms with van der Waals surface area (Å²) in [5.74, 6) is -1.96. The molecule has 2 aromatic carbocycles. The van der Waals surface area contributed by atoms with Crippen LogP contribution in [-0.2, 0) is 33.4 Å². The number of benzene rings is 2. The second kappa shape index (κ2) is 18.7. The van der Waals surface area contributed by atoms with Crippen molar-refractivity contribution in [2.45, 2.75) is 65.0 Å². The molecule has 0 aliphatic heterocycles. The van der Waals surface area contributed by atoms with E-state index in [0.29, 0.717) is 30.3 Å². The van der Waals surface area contributed by atoms with Gasteiger partial charge in [-0.2, -0.15) is 8.42 Å². The van der Waals surface area contributed by atoms with Gasteiger partial charge < -0.3 is 19.4 Å². The van der Waals surface area contributed by atoms with Crippen LogP contribution < -0.4 is 0 Å². The number of carbonyl (C=O) groups excluding carboxylic acids is 3. The van der Waals surface area contributed by atoms with Crippen molar-refractivity contribution in [1.82, 2.24) is 0 Å². The van der Waals surface area contributed by atoms with Gasteiger partial charge in [-0.15, -0.1) is 0 Å². The van der Waals surface area contributed by atoms with Gasteiger partial charge in [0.25, 0.3) is 10.1 Å². The minimum atomic E-state index is -3.66. The maximum atomic E-state index is 12.0. The van der Waals surface area contributed by atoms with Crippen molar-refractivity contribution < 1.29 is 46.4 Å². The van der Waals surface area contributed by atoms with Crippen LogP contribution in [-0.4, -0.2) is 75.7 Å². The molecule has 12 heteroatoms. The highest BCUT2D eigenvalue weighted by atomic mass is 32.2. The Morgan fingerprint density at radius 3 is 1.71 bits per heavy atom. The molecule has 0 amide bonds. The number of rotatable bonds is 15. The Morgan fingerprint density at radius 2 is 1.33 bits per heavy atom. The quantitative estimate of drug-likeness (QED) is 0.103.